The molecule has 3 rings (SSSR count). The van der Waals surface area contributed by atoms with Gasteiger partial charge in [0.1, 0.15) is 0 Å². The Kier molecular flexibility index (Phi) is 4.60. The minimum absolute atomic E-state index is 0.0305. The van der Waals surface area contributed by atoms with E-state index in [9.17, 15) is 18.0 Å². The molecule has 11 heteroatoms. The molecular weight excluding hydrogens is 405 g/mol. The van der Waals surface area contributed by atoms with Crippen molar-refractivity contribution in [1.29, 1.82) is 0 Å². The average molecular weight is 421 g/mol. The molecule has 7 nitrogen and oxygen atoms in total. The number of hydrogen-bond donors (Lipinski definition) is 0. The van der Waals surface area contributed by atoms with Crippen LogP contribution in [0.2, 0.25) is 0 Å². The number of nitrogens with zero attached hydrogens (tertiary/aromatic N) is 6. The molecule has 0 atom stereocenters. The van der Waals surface area contributed by atoms with Crippen LogP contribution in [0.25, 0.3) is 0 Å². The third-order valence-corrected chi connectivity index (χ3v) is 5.34. The fraction of sp³-hybridized carbons (Fsp3) is 0.571. The summed E-state index contributed by atoms with van der Waals surface area (Å²) in [4.78, 5) is 13.9. The van der Waals surface area contributed by atoms with Crippen molar-refractivity contribution in [2.45, 2.75) is 46.1 Å². The fourth-order valence-electron chi connectivity index (χ4n) is 2.83. The lowest BCUT2D eigenvalue weighted by molar-refractivity contribution is -0.148. The lowest BCUT2D eigenvalue weighted by Crippen LogP contribution is -2.39. The molecule has 0 aromatic carbocycles. The predicted molar refractivity (Wildman–Crippen MR) is 84.5 cm³/mol. The molecule has 2 aromatic heterocycles. The van der Waals surface area contributed by atoms with Gasteiger partial charge in [-0.15, -0.1) is 10.2 Å². The Balaban J connectivity index is 1.65. The van der Waals surface area contributed by atoms with E-state index in [1.54, 1.807) is 4.68 Å². The summed E-state index contributed by atoms with van der Waals surface area (Å²) < 4.78 is 42.2. The first kappa shape index (κ1) is 17.9. The number of aryl methyl sites for hydroxylation is 2. The molecule has 2 aromatic rings. The number of rotatable bonds is 3. The molecule has 0 spiro atoms. The quantitative estimate of drug-likeness (QED) is 0.763. The number of fused-ring (bicyclic) bond motifs is 1. The lowest BCUT2D eigenvalue weighted by Gasteiger charge is -2.28. The molecule has 0 aliphatic carbocycles. The van der Waals surface area contributed by atoms with Gasteiger partial charge in [-0.1, -0.05) is 0 Å². The van der Waals surface area contributed by atoms with Crippen molar-refractivity contribution in [3.05, 3.63) is 27.5 Å². The smallest absolute Gasteiger partial charge is 0.333 e. The number of halogens is 4. The normalized spacial score (nSPS) is 14.7. The van der Waals surface area contributed by atoms with Gasteiger partial charge in [0, 0.05) is 25.2 Å². The van der Waals surface area contributed by atoms with Crippen molar-refractivity contribution in [3.8, 4) is 0 Å². The second-order valence-corrected chi connectivity index (χ2v) is 6.66. The summed E-state index contributed by atoms with van der Waals surface area (Å²) in [6, 6.07) is 0. The van der Waals surface area contributed by atoms with Gasteiger partial charge in [-0.25, -0.2) is 0 Å². The fourth-order valence-corrected chi connectivity index (χ4v) is 3.12. The van der Waals surface area contributed by atoms with E-state index in [0.29, 0.717) is 6.54 Å². The Morgan fingerprint density at radius 1 is 1.24 bits per heavy atom. The zero-order valence-corrected chi connectivity index (χ0v) is 15.2. The molecule has 0 fully saturated rings. The van der Waals surface area contributed by atoms with E-state index in [-0.39, 0.29) is 37.8 Å². The van der Waals surface area contributed by atoms with Crippen LogP contribution < -0.4 is 0 Å². The Bertz CT molecular complexity index is 812. The van der Waals surface area contributed by atoms with Crippen molar-refractivity contribution >= 4 is 21.8 Å². The number of hydrogen-bond acceptors (Lipinski definition) is 4. The van der Waals surface area contributed by atoms with Crippen molar-refractivity contribution in [1.82, 2.24) is 29.4 Å². The molecule has 3 heterocycles. The van der Waals surface area contributed by atoms with Crippen LogP contribution in [0.3, 0.4) is 0 Å². The summed E-state index contributed by atoms with van der Waals surface area (Å²) in [6.07, 6.45) is -4.32. The van der Waals surface area contributed by atoms with Gasteiger partial charge in [0.05, 0.1) is 23.3 Å². The first-order chi connectivity index (χ1) is 11.7. The van der Waals surface area contributed by atoms with Crippen LogP contribution in [-0.4, -0.2) is 41.9 Å². The standard InChI is InChI=1S/C14H16BrF3N6O/c1-8-12(15)9(2)24(21-8)4-3-11(25)22-5-6-23-10(7-22)19-20-13(23)14(16,17)18/h3-7H2,1-2H3. The van der Waals surface area contributed by atoms with Crippen LogP contribution in [-0.2, 0) is 30.6 Å². The van der Waals surface area contributed by atoms with Gasteiger partial charge in [-0.2, -0.15) is 18.3 Å². The second kappa shape index (κ2) is 6.43. The van der Waals surface area contributed by atoms with Crippen molar-refractivity contribution < 1.29 is 18.0 Å². The summed E-state index contributed by atoms with van der Waals surface area (Å²) in [5.74, 6) is -1.01. The zero-order valence-electron chi connectivity index (χ0n) is 13.6. The highest BCUT2D eigenvalue weighted by molar-refractivity contribution is 9.10. The summed E-state index contributed by atoms with van der Waals surface area (Å²) in [6.45, 7) is 4.45. The molecule has 1 aliphatic heterocycles. The van der Waals surface area contributed by atoms with Crippen LogP contribution in [0.15, 0.2) is 4.47 Å². The Hall–Kier alpha value is -1.91. The molecule has 0 N–H and O–H groups in total. The maximum atomic E-state index is 12.8. The van der Waals surface area contributed by atoms with E-state index in [4.69, 9.17) is 0 Å². The van der Waals surface area contributed by atoms with Crippen LogP contribution in [0.4, 0.5) is 13.2 Å². The minimum atomic E-state index is -4.54. The Morgan fingerprint density at radius 2 is 1.96 bits per heavy atom. The van der Waals surface area contributed by atoms with Crippen molar-refractivity contribution in [2.24, 2.45) is 0 Å². The topological polar surface area (TPSA) is 68.8 Å². The first-order valence-electron chi connectivity index (χ1n) is 7.65. The van der Waals surface area contributed by atoms with Crippen LogP contribution >= 0.6 is 15.9 Å². The number of amides is 1. The van der Waals surface area contributed by atoms with Crippen molar-refractivity contribution in [2.75, 3.05) is 6.54 Å². The molecule has 1 amide bonds. The van der Waals surface area contributed by atoms with Crippen LogP contribution in [0, 0.1) is 13.8 Å². The van der Waals surface area contributed by atoms with E-state index >= 15 is 0 Å². The maximum Gasteiger partial charge on any atom is 0.451 e. The van der Waals surface area contributed by atoms with Gasteiger partial charge < -0.3 is 9.47 Å². The highest BCUT2D eigenvalue weighted by atomic mass is 79.9. The van der Waals surface area contributed by atoms with Crippen LogP contribution in [0.5, 0.6) is 0 Å². The SMILES string of the molecule is Cc1nn(CCC(=O)N2CCn3c(nnc3C(F)(F)F)C2)c(C)c1Br. The van der Waals surface area contributed by atoms with Crippen LogP contribution in [0.1, 0.15) is 29.5 Å². The highest BCUT2D eigenvalue weighted by Gasteiger charge is 2.39. The second-order valence-electron chi connectivity index (χ2n) is 5.86. The molecule has 25 heavy (non-hydrogen) atoms. The lowest BCUT2D eigenvalue weighted by atomic mass is 10.3. The number of carbonyl (C=O) groups excluding carboxylic acids is 1. The Labute approximate surface area is 149 Å². The molecule has 0 radical (unpaired) electrons. The maximum absolute atomic E-state index is 12.8. The summed E-state index contributed by atoms with van der Waals surface area (Å²) in [5, 5.41) is 11.1. The predicted octanol–water partition coefficient (Wildman–Crippen LogP) is 2.31. The Morgan fingerprint density at radius 3 is 2.56 bits per heavy atom. The van der Waals surface area contributed by atoms with Gasteiger partial charge in [0.2, 0.25) is 11.7 Å². The summed E-state index contributed by atoms with van der Waals surface area (Å²) in [5.41, 5.74) is 1.77. The monoisotopic (exact) mass is 420 g/mol. The highest BCUT2D eigenvalue weighted by Crippen LogP contribution is 2.29. The third kappa shape index (κ3) is 3.42. The number of alkyl halides is 3. The van der Waals surface area contributed by atoms with Gasteiger partial charge in [0.25, 0.3) is 0 Å². The zero-order chi connectivity index (χ0) is 18.4. The molecule has 1 aliphatic rings. The van der Waals surface area contributed by atoms with E-state index in [2.05, 4.69) is 31.2 Å². The summed E-state index contributed by atoms with van der Waals surface area (Å²) >= 11 is 3.43. The van der Waals surface area contributed by atoms with Crippen molar-refractivity contribution in [3.63, 3.8) is 0 Å². The van der Waals surface area contributed by atoms with E-state index < -0.39 is 12.0 Å². The van der Waals surface area contributed by atoms with Gasteiger partial charge in [-0.05, 0) is 29.8 Å². The number of aromatic nitrogens is 5. The van der Waals surface area contributed by atoms with Gasteiger partial charge >= 0.3 is 6.18 Å². The molecule has 0 bridgehead atoms. The van der Waals surface area contributed by atoms with E-state index in [0.717, 1.165) is 20.4 Å². The molecule has 0 saturated heterocycles. The molecule has 0 unspecified atom stereocenters. The van der Waals surface area contributed by atoms with Gasteiger partial charge in [-0.3, -0.25) is 9.48 Å². The average Bonchev–Trinajstić information content (AvgIpc) is 3.08. The summed E-state index contributed by atoms with van der Waals surface area (Å²) in [7, 11) is 0. The first-order valence-corrected chi connectivity index (χ1v) is 8.44. The van der Waals surface area contributed by atoms with E-state index in [1.165, 1.54) is 4.90 Å². The number of carbonyl (C=O) groups is 1. The van der Waals surface area contributed by atoms with Gasteiger partial charge in [0.15, 0.2) is 5.82 Å². The molecular formula is C14H16BrF3N6O. The third-order valence-electron chi connectivity index (χ3n) is 4.19. The minimum Gasteiger partial charge on any atom is -0.333 e. The van der Waals surface area contributed by atoms with E-state index in [1.807, 2.05) is 13.8 Å². The molecule has 136 valence electrons. The largest absolute Gasteiger partial charge is 0.451 e. The molecule has 0 saturated carbocycles.